The van der Waals surface area contributed by atoms with Gasteiger partial charge in [0.05, 0.1) is 24.7 Å². The molecule has 0 bridgehead atoms. The molecule has 4 rings (SSSR count). The molecule has 0 atom stereocenters. The van der Waals surface area contributed by atoms with E-state index in [-0.39, 0.29) is 17.6 Å². The average Bonchev–Trinajstić information content (AvgIpc) is 3.32. The number of aliphatic hydroxyl groups is 1. The molecule has 0 radical (unpaired) electrons. The molecule has 5 nitrogen and oxygen atoms in total. The molecule has 2 aliphatic carbocycles. The highest BCUT2D eigenvalue weighted by atomic mass is 32.2. The van der Waals surface area contributed by atoms with Gasteiger partial charge in [0.1, 0.15) is 5.69 Å². The van der Waals surface area contributed by atoms with Crippen LogP contribution in [0.1, 0.15) is 62.6 Å². The lowest BCUT2D eigenvalue weighted by molar-refractivity contribution is 0.110. The molecule has 0 saturated heterocycles. The molecule has 1 N–H and O–H groups in total. The van der Waals surface area contributed by atoms with Gasteiger partial charge in [0.25, 0.3) is 0 Å². The molecule has 31 heavy (non-hydrogen) atoms. The maximum atomic E-state index is 10.2. The monoisotopic (exact) mass is 438 g/mol. The number of aliphatic hydroxyl groups excluding tert-OH is 1. The van der Waals surface area contributed by atoms with Gasteiger partial charge in [-0.1, -0.05) is 23.7 Å². The quantitative estimate of drug-likeness (QED) is 0.413. The van der Waals surface area contributed by atoms with E-state index in [9.17, 15) is 5.11 Å². The fourth-order valence-corrected chi connectivity index (χ4v) is 4.88. The first-order valence-electron chi connectivity index (χ1n) is 11.1. The summed E-state index contributed by atoms with van der Waals surface area (Å²) in [6, 6.07) is 8.04. The van der Waals surface area contributed by atoms with Gasteiger partial charge in [0.15, 0.2) is 16.7 Å². The van der Waals surface area contributed by atoms with Crippen LogP contribution < -0.4 is 9.47 Å². The van der Waals surface area contributed by atoms with Gasteiger partial charge in [0, 0.05) is 6.20 Å². The zero-order valence-electron chi connectivity index (χ0n) is 18.3. The summed E-state index contributed by atoms with van der Waals surface area (Å²) < 4.78 is 11.9. The van der Waals surface area contributed by atoms with E-state index in [0.29, 0.717) is 0 Å². The molecule has 2 fully saturated rings. The number of hydrogen-bond donors (Lipinski definition) is 1. The minimum absolute atomic E-state index is 0.255. The van der Waals surface area contributed by atoms with Crippen LogP contribution in [0.3, 0.4) is 0 Å². The van der Waals surface area contributed by atoms with Crippen molar-refractivity contribution in [2.75, 3.05) is 13.4 Å². The fourth-order valence-electron chi connectivity index (χ4n) is 4.53. The Labute approximate surface area is 189 Å². The zero-order valence-corrected chi connectivity index (χ0v) is 19.1. The van der Waals surface area contributed by atoms with E-state index in [2.05, 4.69) is 33.9 Å². The van der Waals surface area contributed by atoms with E-state index in [1.54, 1.807) is 13.3 Å². The van der Waals surface area contributed by atoms with Crippen molar-refractivity contribution in [2.24, 2.45) is 0 Å². The number of aromatic nitrogens is 2. The van der Waals surface area contributed by atoms with Crippen molar-refractivity contribution in [1.82, 2.24) is 9.97 Å². The lowest BCUT2D eigenvalue weighted by Gasteiger charge is -2.35. The van der Waals surface area contributed by atoms with Crippen LogP contribution in [0.5, 0.6) is 11.5 Å². The average molecular weight is 439 g/mol. The Morgan fingerprint density at radius 3 is 2.58 bits per heavy atom. The second-order valence-electron chi connectivity index (χ2n) is 8.38. The summed E-state index contributed by atoms with van der Waals surface area (Å²) in [4.78, 5) is 8.75. The molecule has 2 aromatic rings. The molecule has 2 aliphatic rings. The van der Waals surface area contributed by atoms with Gasteiger partial charge in [-0.25, -0.2) is 9.97 Å². The number of nitrogens with zero attached hydrogens (tertiary/aromatic N) is 2. The number of rotatable bonds is 5. The second-order valence-corrected chi connectivity index (χ2v) is 9.16. The Balaban J connectivity index is 1.70. The molecule has 0 amide bonds. The molecule has 0 aliphatic heterocycles. The lowest BCUT2D eigenvalue weighted by atomic mass is 9.69. The molecule has 6 heteroatoms. The van der Waals surface area contributed by atoms with Gasteiger partial charge in [0.2, 0.25) is 0 Å². The fraction of sp³-hybridized carbons (Fsp3) is 0.520. The van der Waals surface area contributed by atoms with Gasteiger partial charge < -0.3 is 14.6 Å². The molecule has 164 valence electrons. The van der Waals surface area contributed by atoms with Crippen LogP contribution in [-0.2, 0) is 5.41 Å². The largest absolute Gasteiger partial charge is 0.493 e. The summed E-state index contributed by atoms with van der Waals surface area (Å²) in [5, 5.41) is 10.9. The van der Waals surface area contributed by atoms with Crippen molar-refractivity contribution in [1.29, 1.82) is 0 Å². The van der Waals surface area contributed by atoms with Gasteiger partial charge in [-0.15, -0.1) is 0 Å². The summed E-state index contributed by atoms with van der Waals surface area (Å²) in [6.07, 6.45) is 11.4. The Kier molecular flexibility index (Phi) is 7.04. The second kappa shape index (κ2) is 9.93. The van der Waals surface area contributed by atoms with Crippen LogP contribution >= 0.6 is 11.8 Å². The van der Waals surface area contributed by atoms with Crippen LogP contribution in [0.4, 0.5) is 0 Å². The van der Waals surface area contributed by atoms with Crippen molar-refractivity contribution in [3.63, 3.8) is 0 Å². The predicted octanol–water partition coefficient (Wildman–Crippen LogP) is 4.75. The minimum atomic E-state index is -0.343. The Morgan fingerprint density at radius 2 is 1.87 bits per heavy atom. The van der Waals surface area contributed by atoms with Crippen LogP contribution in [0.25, 0.3) is 0 Å². The highest BCUT2D eigenvalue weighted by molar-refractivity contribution is 7.98. The molecular weight excluding hydrogens is 408 g/mol. The van der Waals surface area contributed by atoms with E-state index in [1.165, 1.54) is 24.6 Å². The van der Waals surface area contributed by atoms with Crippen LogP contribution in [0, 0.1) is 11.8 Å². The van der Waals surface area contributed by atoms with Gasteiger partial charge in [-0.05, 0) is 87.3 Å². The normalized spacial score (nSPS) is 23.8. The van der Waals surface area contributed by atoms with E-state index in [1.807, 2.05) is 18.4 Å². The topological polar surface area (TPSA) is 64.5 Å². The first kappa shape index (κ1) is 22.0. The number of methoxy groups -OCH3 is 1. The van der Waals surface area contributed by atoms with Crippen LogP contribution in [0.2, 0.25) is 0 Å². The van der Waals surface area contributed by atoms with Crippen molar-refractivity contribution in [3.8, 4) is 23.3 Å². The van der Waals surface area contributed by atoms with Crippen molar-refractivity contribution >= 4 is 11.8 Å². The summed E-state index contributed by atoms with van der Waals surface area (Å²) >= 11 is 1.51. The smallest absolute Gasteiger partial charge is 0.188 e. The first-order valence-corrected chi connectivity index (χ1v) is 12.3. The van der Waals surface area contributed by atoms with E-state index >= 15 is 0 Å². The number of hydrogen-bond acceptors (Lipinski definition) is 6. The summed E-state index contributed by atoms with van der Waals surface area (Å²) in [6.45, 7) is 0. The highest BCUT2D eigenvalue weighted by Gasteiger charge is 2.36. The zero-order chi connectivity index (χ0) is 21.7. The molecule has 1 aromatic heterocycles. The third-order valence-corrected chi connectivity index (χ3v) is 6.93. The predicted molar refractivity (Wildman–Crippen MR) is 123 cm³/mol. The number of benzene rings is 1. The van der Waals surface area contributed by atoms with Gasteiger partial charge in [-0.3, -0.25) is 0 Å². The SMILES string of the molecule is COc1ccc([C@]2(C#Cc3ccnc(SC)n3)CC[C@@H](O)CC2)cc1OC1CCCC1. The van der Waals surface area contributed by atoms with E-state index in [0.717, 1.165) is 66.4 Å². The van der Waals surface area contributed by atoms with Crippen molar-refractivity contribution < 1.29 is 14.6 Å². The van der Waals surface area contributed by atoms with Crippen molar-refractivity contribution in [2.45, 2.75) is 74.1 Å². The number of thioether (sulfide) groups is 1. The Hall–Kier alpha value is -2.23. The molecule has 0 unspecified atom stereocenters. The molecule has 1 aromatic carbocycles. The summed E-state index contributed by atoms with van der Waals surface area (Å²) in [5.74, 6) is 8.39. The van der Waals surface area contributed by atoms with Crippen LogP contribution in [0.15, 0.2) is 35.6 Å². The Morgan fingerprint density at radius 1 is 1.10 bits per heavy atom. The van der Waals surface area contributed by atoms with E-state index < -0.39 is 0 Å². The molecule has 0 spiro atoms. The van der Waals surface area contributed by atoms with Crippen molar-refractivity contribution in [3.05, 3.63) is 41.7 Å². The van der Waals surface area contributed by atoms with Crippen LogP contribution in [-0.4, -0.2) is 40.6 Å². The minimum Gasteiger partial charge on any atom is -0.493 e. The van der Waals surface area contributed by atoms with Gasteiger partial charge in [-0.2, -0.15) is 0 Å². The lowest BCUT2D eigenvalue weighted by Crippen LogP contribution is -2.32. The van der Waals surface area contributed by atoms with E-state index in [4.69, 9.17) is 9.47 Å². The number of ether oxygens (including phenoxy) is 2. The standard InChI is InChI=1S/C25H30N2O3S/c1-29-22-8-7-18(17-23(22)30-21-5-3-4-6-21)25(14-10-20(28)11-15-25)13-9-19-12-16-26-24(27-19)31-2/h7-8,12,16-17,20-21,28H,3-6,10-11,14-15H2,1-2H3/t20-,25-. The third-order valence-electron chi connectivity index (χ3n) is 6.37. The molecule has 1 heterocycles. The van der Waals surface area contributed by atoms with Gasteiger partial charge >= 0.3 is 0 Å². The summed E-state index contributed by atoms with van der Waals surface area (Å²) in [7, 11) is 1.68. The molecule has 2 saturated carbocycles. The summed E-state index contributed by atoms with van der Waals surface area (Å²) in [5.41, 5.74) is 1.50. The maximum absolute atomic E-state index is 10.2. The molecular formula is C25H30N2O3S. The Bertz CT molecular complexity index is 955. The highest BCUT2D eigenvalue weighted by Crippen LogP contribution is 2.43. The maximum Gasteiger partial charge on any atom is 0.188 e. The third kappa shape index (κ3) is 5.16. The first-order chi connectivity index (χ1) is 15.1.